The Balaban J connectivity index is 1.25. The van der Waals surface area contributed by atoms with Crippen LogP contribution in [-0.2, 0) is 31.5 Å². The van der Waals surface area contributed by atoms with Crippen molar-refractivity contribution in [3.63, 3.8) is 0 Å². The summed E-state index contributed by atoms with van der Waals surface area (Å²) in [5.74, 6) is 1.61. The van der Waals surface area contributed by atoms with Crippen LogP contribution in [0.4, 0.5) is 11.5 Å². The predicted octanol–water partition coefficient (Wildman–Crippen LogP) is 4.38. The van der Waals surface area contributed by atoms with E-state index in [2.05, 4.69) is 25.6 Å². The average Bonchev–Trinajstić information content (AvgIpc) is 3.65. The molecule has 0 fully saturated rings. The molecule has 0 bridgehead atoms. The van der Waals surface area contributed by atoms with Crippen LogP contribution < -0.4 is 25.4 Å². The molecule has 0 unspecified atom stereocenters. The molecule has 15 heteroatoms. The van der Waals surface area contributed by atoms with E-state index in [1.165, 1.54) is 0 Å². The number of fused-ring (bicyclic) bond motifs is 2. The number of hydrogen-bond acceptors (Lipinski definition) is 11. The van der Waals surface area contributed by atoms with Gasteiger partial charge in [-0.2, -0.15) is 10.1 Å². The van der Waals surface area contributed by atoms with E-state index in [0.29, 0.717) is 41.1 Å². The third-order valence-corrected chi connectivity index (χ3v) is 8.18. The molecule has 3 aromatic carbocycles. The van der Waals surface area contributed by atoms with Crippen molar-refractivity contribution in [3.05, 3.63) is 88.3 Å². The third kappa shape index (κ3) is 7.34. The Morgan fingerprint density at radius 3 is 2.33 bits per heavy atom. The summed E-state index contributed by atoms with van der Waals surface area (Å²) < 4.78 is 20.0. The van der Waals surface area contributed by atoms with E-state index in [-0.39, 0.29) is 30.2 Å². The SMILES string of the molecule is COc1ccc(CN(C)c2nc(Cl)nc3c(C(=O)N[C@H](C)COCc4cc(N)c5nnn(C)c5c4)nn(Cc4ccc(OC)cc4)c23)cc1. The molecule has 0 saturated carbocycles. The van der Waals surface area contributed by atoms with Gasteiger partial charge >= 0.3 is 0 Å². The Labute approximate surface area is 287 Å². The van der Waals surface area contributed by atoms with Crippen LogP contribution in [0.5, 0.6) is 11.5 Å². The van der Waals surface area contributed by atoms with Gasteiger partial charge in [-0.25, -0.2) is 9.67 Å². The smallest absolute Gasteiger partial charge is 0.274 e. The highest BCUT2D eigenvalue weighted by Gasteiger charge is 2.26. The van der Waals surface area contributed by atoms with Crippen LogP contribution in [0.25, 0.3) is 22.1 Å². The summed E-state index contributed by atoms with van der Waals surface area (Å²) in [5, 5.41) is 15.9. The van der Waals surface area contributed by atoms with Crippen molar-refractivity contribution in [2.75, 3.05) is 38.5 Å². The molecule has 14 nitrogen and oxygen atoms in total. The summed E-state index contributed by atoms with van der Waals surface area (Å²) in [6.07, 6.45) is 0. The maximum absolute atomic E-state index is 13.8. The maximum atomic E-state index is 13.8. The monoisotopic (exact) mass is 684 g/mol. The number of carbonyl (C=O) groups is 1. The van der Waals surface area contributed by atoms with Gasteiger partial charge in [0.1, 0.15) is 28.0 Å². The number of ether oxygens (including phenoxy) is 3. The highest BCUT2D eigenvalue weighted by atomic mass is 35.5. The first-order chi connectivity index (χ1) is 23.6. The molecule has 6 rings (SSSR count). The van der Waals surface area contributed by atoms with E-state index in [0.717, 1.165) is 33.7 Å². The highest BCUT2D eigenvalue weighted by molar-refractivity contribution is 6.29. The van der Waals surface area contributed by atoms with Crippen molar-refractivity contribution in [1.82, 2.24) is 40.1 Å². The van der Waals surface area contributed by atoms with E-state index in [1.807, 2.05) is 79.5 Å². The van der Waals surface area contributed by atoms with Crippen LogP contribution in [0.15, 0.2) is 60.7 Å². The van der Waals surface area contributed by atoms with Gasteiger partial charge in [0.2, 0.25) is 5.28 Å². The largest absolute Gasteiger partial charge is 0.497 e. The van der Waals surface area contributed by atoms with Gasteiger partial charge in [0, 0.05) is 26.7 Å². The Morgan fingerprint density at radius 2 is 1.65 bits per heavy atom. The molecule has 0 aliphatic carbocycles. The first-order valence-corrected chi connectivity index (χ1v) is 15.9. The van der Waals surface area contributed by atoms with Crippen LogP contribution in [0, 0.1) is 0 Å². The van der Waals surface area contributed by atoms with E-state index in [9.17, 15) is 4.79 Å². The molecule has 0 spiro atoms. The number of nitrogens with two attached hydrogens (primary N) is 1. The summed E-state index contributed by atoms with van der Waals surface area (Å²) in [6.45, 7) is 3.24. The number of aromatic nitrogens is 7. The lowest BCUT2D eigenvalue weighted by atomic mass is 10.2. The number of aryl methyl sites for hydroxylation is 1. The Bertz CT molecular complexity index is 2100. The lowest BCUT2D eigenvalue weighted by molar-refractivity contribution is 0.0817. The molecule has 49 heavy (non-hydrogen) atoms. The predicted molar refractivity (Wildman–Crippen MR) is 187 cm³/mol. The van der Waals surface area contributed by atoms with Gasteiger partial charge < -0.3 is 30.2 Å². The van der Waals surface area contributed by atoms with Gasteiger partial charge in [0.05, 0.1) is 45.2 Å². The van der Waals surface area contributed by atoms with Crippen LogP contribution in [0.1, 0.15) is 34.1 Å². The summed E-state index contributed by atoms with van der Waals surface area (Å²) >= 11 is 6.49. The zero-order valence-corrected chi connectivity index (χ0v) is 28.6. The second kappa shape index (κ2) is 14.3. The van der Waals surface area contributed by atoms with Crippen molar-refractivity contribution in [2.45, 2.75) is 32.7 Å². The van der Waals surface area contributed by atoms with Crippen LogP contribution >= 0.6 is 11.6 Å². The first kappa shape index (κ1) is 33.4. The van der Waals surface area contributed by atoms with Gasteiger partial charge in [-0.15, -0.1) is 5.10 Å². The van der Waals surface area contributed by atoms with Crippen LogP contribution in [-0.4, -0.2) is 74.6 Å². The number of halogens is 1. The number of amides is 1. The summed E-state index contributed by atoms with van der Waals surface area (Å²) in [4.78, 5) is 24.8. The number of benzene rings is 3. The maximum Gasteiger partial charge on any atom is 0.274 e. The lowest BCUT2D eigenvalue weighted by Crippen LogP contribution is -2.36. The highest BCUT2D eigenvalue weighted by Crippen LogP contribution is 2.30. The van der Waals surface area contributed by atoms with Crippen molar-refractivity contribution in [3.8, 4) is 11.5 Å². The minimum absolute atomic E-state index is 0.00151. The number of hydrogen-bond donors (Lipinski definition) is 2. The fourth-order valence-corrected chi connectivity index (χ4v) is 5.71. The van der Waals surface area contributed by atoms with Gasteiger partial charge in [-0.1, -0.05) is 29.5 Å². The van der Waals surface area contributed by atoms with Crippen molar-refractivity contribution >= 4 is 51.1 Å². The van der Waals surface area contributed by atoms with Crippen LogP contribution in [0.3, 0.4) is 0 Å². The number of carbonyl (C=O) groups excluding carboxylic acids is 1. The van der Waals surface area contributed by atoms with E-state index in [4.69, 9.17) is 36.6 Å². The fourth-order valence-electron chi connectivity index (χ4n) is 5.54. The number of nitrogens with zero attached hydrogens (tertiary/aromatic N) is 8. The molecule has 1 amide bonds. The van der Waals surface area contributed by atoms with Gasteiger partial charge in [-0.05, 0) is 71.6 Å². The molecule has 3 heterocycles. The Kier molecular flexibility index (Phi) is 9.78. The number of nitrogens with one attached hydrogen (secondary N) is 1. The fraction of sp³-hybridized carbons (Fsp3) is 0.294. The molecule has 0 aliphatic heterocycles. The van der Waals surface area contributed by atoms with Crippen molar-refractivity contribution < 1.29 is 19.0 Å². The normalized spacial score (nSPS) is 12.0. The molecule has 0 saturated heterocycles. The average molecular weight is 685 g/mol. The van der Waals surface area contributed by atoms with Crippen molar-refractivity contribution in [2.24, 2.45) is 7.05 Å². The number of methoxy groups -OCH3 is 2. The second-order valence-electron chi connectivity index (χ2n) is 11.7. The molecule has 254 valence electrons. The van der Waals surface area contributed by atoms with Gasteiger partial charge in [-0.3, -0.25) is 9.48 Å². The molecular formula is C34H37ClN10O4. The number of nitrogen functional groups attached to an aromatic ring is 1. The standard InChI is InChI=1S/C34H37ClN10O4/c1-20(18-49-19-23-14-26(36)28-27(15-23)44(3)42-40-28)37-33(46)30-29-31(45(41-30)17-22-8-12-25(48-5)13-9-22)32(39-34(35)38-29)43(2)16-21-6-10-24(47-4)11-7-21/h6-15,20H,16-19,36H2,1-5H3,(H,37,46)/t20-/m1/s1. The number of anilines is 2. The van der Waals surface area contributed by atoms with E-state index < -0.39 is 5.91 Å². The molecule has 0 aliphatic rings. The van der Waals surface area contributed by atoms with Gasteiger partial charge in [0.15, 0.2) is 11.5 Å². The Morgan fingerprint density at radius 1 is 0.980 bits per heavy atom. The molecule has 1 atom stereocenters. The summed E-state index contributed by atoms with van der Waals surface area (Å²) in [7, 11) is 6.96. The lowest BCUT2D eigenvalue weighted by Gasteiger charge is -2.20. The minimum Gasteiger partial charge on any atom is -0.497 e. The van der Waals surface area contributed by atoms with E-state index in [1.54, 1.807) is 30.6 Å². The van der Waals surface area contributed by atoms with Crippen molar-refractivity contribution in [1.29, 1.82) is 0 Å². The zero-order valence-electron chi connectivity index (χ0n) is 27.8. The minimum atomic E-state index is -0.417. The molecule has 3 N–H and O–H groups in total. The topological polar surface area (TPSA) is 160 Å². The van der Waals surface area contributed by atoms with E-state index >= 15 is 0 Å². The second-order valence-corrected chi connectivity index (χ2v) is 12.1. The first-order valence-electron chi connectivity index (χ1n) is 15.5. The zero-order chi connectivity index (χ0) is 34.7. The third-order valence-electron chi connectivity index (χ3n) is 8.01. The summed E-state index contributed by atoms with van der Waals surface area (Å²) in [5.41, 5.74) is 12.0. The van der Waals surface area contributed by atoms with Crippen LogP contribution in [0.2, 0.25) is 5.28 Å². The molecule has 0 radical (unpaired) electrons. The van der Waals surface area contributed by atoms with Gasteiger partial charge in [0.25, 0.3) is 5.91 Å². The quantitative estimate of drug-likeness (QED) is 0.131. The summed E-state index contributed by atoms with van der Waals surface area (Å²) in [6, 6.07) is 18.8. The molecule has 6 aromatic rings. The number of rotatable bonds is 13. The molecular weight excluding hydrogens is 648 g/mol. The molecule has 3 aromatic heterocycles. The Hall–Kier alpha value is -5.47.